The molecule has 3 aromatic heterocycles. The van der Waals surface area contributed by atoms with Crippen molar-refractivity contribution in [2.45, 2.75) is 13.3 Å². The van der Waals surface area contributed by atoms with E-state index in [-0.39, 0.29) is 34.2 Å². The number of fused-ring (bicyclic) bond motifs is 1. The molecule has 4 aromatic rings. The van der Waals surface area contributed by atoms with Crippen molar-refractivity contribution < 1.29 is 31.5 Å². The molecule has 1 aromatic carbocycles. The monoisotopic (exact) mass is 517 g/mol. The number of aromatic nitrogens is 4. The summed E-state index contributed by atoms with van der Waals surface area (Å²) in [7, 11) is -1.05. The number of sulfonamides is 1. The number of carbonyl (C=O) groups is 1. The zero-order valence-corrected chi connectivity index (χ0v) is 20.2. The number of rotatable bonds is 9. The highest BCUT2D eigenvalue weighted by Gasteiger charge is 2.26. The molecule has 3 heterocycles. The third-order valence-corrected chi connectivity index (χ3v) is 6.73. The number of methoxy groups -OCH3 is 2. The van der Waals surface area contributed by atoms with Crippen LogP contribution >= 0.6 is 0 Å². The van der Waals surface area contributed by atoms with E-state index in [1.807, 2.05) is 0 Å². The van der Waals surface area contributed by atoms with Crippen molar-refractivity contribution in [2.75, 3.05) is 24.7 Å². The third-order valence-electron chi connectivity index (χ3n) is 5.25. The van der Waals surface area contributed by atoms with Gasteiger partial charge in [0.05, 0.1) is 36.8 Å². The highest BCUT2D eigenvalue weighted by Crippen LogP contribution is 2.32. The lowest BCUT2D eigenvalue weighted by Crippen LogP contribution is -2.18. The number of pyridine rings is 1. The van der Waals surface area contributed by atoms with Crippen molar-refractivity contribution in [2.24, 2.45) is 0 Å². The fourth-order valence-corrected chi connectivity index (χ4v) is 4.74. The van der Waals surface area contributed by atoms with E-state index in [1.165, 1.54) is 32.8 Å². The van der Waals surface area contributed by atoms with Gasteiger partial charge in [0.1, 0.15) is 11.5 Å². The zero-order valence-electron chi connectivity index (χ0n) is 19.4. The van der Waals surface area contributed by atoms with E-state index >= 15 is 4.39 Å². The zero-order chi connectivity index (χ0) is 26.0. The Kier molecular flexibility index (Phi) is 6.84. The number of carbonyl (C=O) groups excluding carboxylic acids is 1. The number of hydrogen-bond donors (Lipinski definition) is 2. The van der Waals surface area contributed by atoms with Gasteiger partial charge in [-0.1, -0.05) is 6.92 Å². The van der Waals surface area contributed by atoms with Gasteiger partial charge in [0.2, 0.25) is 21.7 Å². The van der Waals surface area contributed by atoms with Crippen LogP contribution in [0.2, 0.25) is 0 Å². The standard InChI is InChI=1S/C23H21F2N5O5S/c1-4-7-36(32,33)30-17-6-5-16(24)18(19(17)25)20(31)15-11-27-21-13(15)8-12(9-26-21)14-10-28-23(35-3)29-22(14)34-2/h5-6,8-11,30H,4,7H2,1-3H3,(H,26,27). The second-order valence-corrected chi connectivity index (χ2v) is 9.48. The first-order valence-corrected chi connectivity index (χ1v) is 12.3. The number of benzene rings is 1. The first-order chi connectivity index (χ1) is 17.2. The summed E-state index contributed by atoms with van der Waals surface area (Å²) < 4.78 is 66.4. The van der Waals surface area contributed by atoms with Gasteiger partial charge in [-0.2, -0.15) is 4.98 Å². The predicted octanol–water partition coefficient (Wildman–Crippen LogP) is 3.70. The van der Waals surface area contributed by atoms with Gasteiger partial charge in [0, 0.05) is 35.1 Å². The summed E-state index contributed by atoms with van der Waals surface area (Å²) in [4.78, 5) is 28.5. The highest BCUT2D eigenvalue weighted by atomic mass is 32.2. The van der Waals surface area contributed by atoms with E-state index < -0.39 is 38.7 Å². The number of hydrogen-bond acceptors (Lipinski definition) is 8. The normalized spacial score (nSPS) is 11.5. The van der Waals surface area contributed by atoms with Crippen molar-refractivity contribution in [3.05, 3.63) is 59.6 Å². The first kappa shape index (κ1) is 25.0. The lowest BCUT2D eigenvalue weighted by atomic mass is 10.0. The maximum Gasteiger partial charge on any atom is 0.319 e. The van der Waals surface area contributed by atoms with E-state index in [0.29, 0.717) is 17.5 Å². The molecule has 0 saturated carbocycles. The summed E-state index contributed by atoms with van der Waals surface area (Å²) in [6.45, 7) is 1.64. The molecule has 0 atom stereocenters. The van der Waals surface area contributed by atoms with Crippen molar-refractivity contribution in [1.29, 1.82) is 0 Å². The Hall–Kier alpha value is -4.13. The molecule has 36 heavy (non-hydrogen) atoms. The molecule has 10 nitrogen and oxygen atoms in total. The quantitative estimate of drug-likeness (QED) is 0.321. The van der Waals surface area contributed by atoms with E-state index in [1.54, 1.807) is 13.0 Å². The lowest BCUT2D eigenvalue weighted by Gasteiger charge is -2.11. The van der Waals surface area contributed by atoms with Crippen LogP contribution in [0.15, 0.2) is 36.8 Å². The number of ketones is 1. The Morgan fingerprint density at radius 3 is 2.61 bits per heavy atom. The summed E-state index contributed by atoms with van der Waals surface area (Å²) >= 11 is 0. The van der Waals surface area contributed by atoms with Crippen molar-refractivity contribution in [3.8, 4) is 23.0 Å². The van der Waals surface area contributed by atoms with E-state index in [0.717, 1.165) is 12.1 Å². The van der Waals surface area contributed by atoms with Gasteiger partial charge in [0.15, 0.2) is 5.82 Å². The molecule has 0 spiro atoms. The number of aromatic amines is 1. The number of H-pyrrole nitrogens is 1. The Labute approximate surface area is 204 Å². The summed E-state index contributed by atoms with van der Waals surface area (Å²) in [5, 5.41) is 0.270. The van der Waals surface area contributed by atoms with Crippen molar-refractivity contribution >= 4 is 32.5 Å². The van der Waals surface area contributed by atoms with E-state index in [2.05, 4.69) is 24.7 Å². The maximum atomic E-state index is 15.2. The van der Waals surface area contributed by atoms with Crippen LogP contribution in [-0.4, -0.2) is 54.1 Å². The van der Waals surface area contributed by atoms with Gasteiger partial charge in [0.25, 0.3) is 0 Å². The van der Waals surface area contributed by atoms with Gasteiger partial charge in [-0.3, -0.25) is 9.52 Å². The molecule has 0 bridgehead atoms. The van der Waals surface area contributed by atoms with Crippen LogP contribution in [0.3, 0.4) is 0 Å². The lowest BCUT2D eigenvalue weighted by molar-refractivity contribution is 0.103. The Bertz CT molecular complexity index is 1570. The van der Waals surface area contributed by atoms with E-state index in [4.69, 9.17) is 9.47 Å². The molecule has 0 fully saturated rings. The minimum absolute atomic E-state index is 0.0703. The summed E-state index contributed by atoms with van der Waals surface area (Å²) in [6, 6.07) is 3.42. The minimum Gasteiger partial charge on any atom is -0.480 e. The molecule has 0 aliphatic rings. The minimum atomic E-state index is -3.87. The molecule has 0 aliphatic carbocycles. The fraction of sp³-hybridized carbons (Fsp3) is 0.217. The second-order valence-electron chi connectivity index (χ2n) is 7.64. The Balaban J connectivity index is 1.79. The van der Waals surface area contributed by atoms with Gasteiger partial charge in [-0.05, 0) is 24.6 Å². The van der Waals surface area contributed by atoms with Gasteiger partial charge < -0.3 is 14.5 Å². The molecule has 188 valence electrons. The van der Waals surface area contributed by atoms with Gasteiger partial charge in [-0.25, -0.2) is 27.2 Å². The molecule has 13 heteroatoms. The highest BCUT2D eigenvalue weighted by molar-refractivity contribution is 7.92. The topological polar surface area (TPSA) is 136 Å². The fourth-order valence-electron chi connectivity index (χ4n) is 3.60. The van der Waals surface area contributed by atoms with Crippen LogP contribution in [0.4, 0.5) is 14.5 Å². The van der Waals surface area contributed by atoms with Crippen LogP contribution in [0, 0.1) is 11.6 Å². The maximum absolute atomic E-state index is 15.2. The van der Waals surface area contributed by atoms with Gasteiger partial charge in [-0.15, -0.1) is 0 Å². The molecule has 0 saturated heterocycles. The van der Waals surface area contributed by atoms with Crippen LogP contribution in [0.25, 0.3) is 22.2 Å². The molecular weight excluding hydrogens is 496 g/mol. The number of halogens is 2. The van der Waals surface area contributed by atoms with Crippen LogP contribution in [-0.2, 0) is 10.0 Å². The Morgan fingerprint density at radius 1 is 1.14 bits per heavy atom. The van der Waals surface area contributed by atoms with Crippen LogP contribution < -0.4 is 14.2 Å². The number of anilines is 1. The summed E-state index contributed by atoms with van der Waals surface area (Å²) in [5.74, 6) is -3.52. The summed E-state index contributed by atoms with van der Waals surface area (Å²) in [6.07, 6.45) is 4.51. The number of nitrogens with one attached hydrogen (secondary N) is 2. The molecule has 2 N–H and O–H groups in total. The number of nitrogens with zero attached hydrogens (tertiary/aromatic N) is 3. The average Bonchev–Trinajstić information content (AvgIpc) is 3.28. The first-order valence-electron chi connectivity index (χ1n) is 10.6. The molecule has 0 radical (unpaired) electrons. The SMILES string of the molecule is CCCS(=O)(=O)Nc1ccc(F)c(C(=O)c2c[nH]c3ncc(-c4cnc(OC)nc4OC)cc23)c1F. The predicted molar refractivity (Wildman–Crippen MR) is 128 cm³/mol. The average molecular weight is 518 g/mol. The molecular formula is C23H21F2N5O5S. The molecule has 4 rings (SSSR count). The molecule has 0 amide bonds. The van der Waals surface area contributed by atoms with Crippen LogP contribution in [0.1, 0.15) is 29.3 Å². The van der Waals surface area contributed by atoms with E-state index in [9.17, 15) is 17.6 Å². The summed E-state index contributed by atoms with van der Waals surface area (Å²) in [5.41, 5.74) is -0.291. The molecule has 0 unspecified atom stereocenters. The van der Waals surface area contributed by atoms with Crippen LogP contribution in [0.5, 0.6) is 11.9 Å². The third kappa shape index (κ3) is 4.69. The smallest absolute Gasteiger partial charge is 0.319 e. The van der Waals surface area contributed by atoms with Crippen molar-refractivity contribution in [1.82, 2.24) is 19.9 Å². The molecule has 0 aliphatic heterocycles. The largest absolute Gasteiger partial charge is 0.480 e. The number of ether oxygens (including phenoxy) is 2. The van der Waals surface area contributed by atoms with Crippen molar-refractivity contribution in [3.63, 3.8) is 0 Å². The Morgan fingerprint density at radius 2 is 1.92 bits per heavy atom. The van der Waals surface area contributed by atoms with Gasteiger partial charge >= 0.3 is 6.01 Å². The second kappa shape index (κ2) is 9.85.